The van der Waals surface area contributed by atoms with Gasteiger partial charge in [-0.1, -0.05) is 11.6 Å². The lowest BCUT2D eigenvalue weighted by Crippen LogP contribution is -2.25. The molecule has 0 amide bonds. The monoisotopic (exact) mass is 314 g/mol. The molecule has 1 unspecified atom stereocenters. The average Bonchev–Trinajstić information content (AvgIpc) is 2.99. The molecule has 1 atom stereocenters. The SMILES string of the molecule is Cc1nc(N2CCCC2c2ccc(N)nn2)c(Cl)cc1C#N. The van der Waals surface area contributed by atoms with Gasteiger partial charge in [0.1, 0.15) is 17.7 Å². The molecule has 6 nitrogen and oxygen atoms in total. The Labute approximate surface area is 133 Å². The molecule has 1 fully saturated rings. The van der Waals surface area contributed by atoms with Crippen LogP contribution in [0, 0.1) is 18.3 Å². The van der Waals surface area contributed by atoms with Crippen molar-refractivity contribution < 1.29 is 0 Å². The first-order valence-electron chi connectivity index (χ1n) is 7.03. The van der Waals surface area contributed by atoms with E-state index < -0.39 is 0 Å². The Morgan fingerprint density at radius 2 is 2.23 bits per heavy atom. The molecule has 0 aliphatic carbocycles. The zero-order valence-corrected chi connectivity index (χ0v) is 12.9. The van der Waals surface area contributed by atoms with Crippen LogP contribution in [0.3, 0.4) is 0 Å². The van der Waals surface area contributed by atoms with Crippen molar-refractivity contribution in [1.82, 2.24) is 15.2 Å². The van der Waals surface area contributed by atoms with E-state index in [1.165, 1.54) is 0 Å². The van der Waals surface area contributed by atoms with Crippen LogP contribution in [0.1, 0.15) is 35.8 Å². The molecule has 112 valence electrons. The van der Waals surface area contributed by atoms with E-state index in [9.17, 15) is 0 Å². The highest BCUT2D eigenvalue weighted by Crippen LogP contribution is 2.38. The molecule has 3 heterocycles. The summed E-state index contributed by atoms with van der Waals surface area (Å²) in [7, 11) is 0. The molecule has 7 heteroatoms. The van der Waals surface area contributed by atoms with E-state index in [-0.39, 0.29) is 6.04 Å². The Kier molecular flexibility index (Phi) is 3.82. The van der Waals surface area contributed by atoms with Crippen molar-refractivity contribution in [3.8, 4) is 6.07 Å². The molecule has 1 saturated heterocycles. The molecule has 3 rings (SSSR count). The summed E-state index contributed by atoms with van der Waals surface area (Å²) in [6.45, 7) is 2.65. The highest BCUT2D eigenvalue weighted by molar-refractivity contribution is 6.33. The van der Waals surface area contributed by atoms with Gasteiger partial charge in [0.2, 0.25) is 0 Å². The summed E-state index contributed by atoms with van der Waals surface area (Å²) >= 11 is 6.33. The Morgan fingerprint density at radius 1 is 1.41 bits per heavy atom. The van der Waals surface area contributed by atoms with Gasteiger partial charge in [0, 0.05) is 6.54 Å². The molecule has 2 aromatic heterocycles. The molecule has 0 saturated carbocycles. The van der Waals surface area contributed by atoms with E-state index in [1.807, 2.05) is 13.0 Å². The summed E-state index contributed by atoms with van der Waals surface area (Å²) in [5.41, 5.74) is 7.62. The van der Waals surface area contributed by atoms with Gasteiger partial charge in [-0.25, -0.2) is 4.98 Å². The van der Waals surface area contributed by atoms with Crippen LogP contribution in [0.4, 0.5) is 11.6 Å². The first-order chi connectivity index (χ1) is 10.6. The molecule has 0 aromatic carbocycles. The van der Waals surface area contributed by atoms with Gasteiger partial charge in [0.05, 0.1) is 28.0 Å². The quantitative estimate of drug-likeness (QED) is 0.916. The van der Waals surface area contributed by atoms with Gasteiger partial charge in [-0.3, -0.25) is 0 Å². The molecular formula is C15H15ClN6. The summed E-state index contributed by atoms with van der Waals surface area (Å²) in [6.07, 6.45) is 1.98. The van der Waals surface area contributed by atoms with E-state index in [0.29, 0.717) is 27.9 Å². The highest BCUT2D eigenvalue weighted by Gasteiger charge is 2.30. The van der Waals surface area contributed by atoms with Crippen LogP contribution in [0.2, 0.25) is 5.02 Å². The second-order valence-corrected chi connectivity index (χ2v) is 5.68. The van der Waals surface area contributed by atoms with E-state index in [2.05, 4.69) is 26.2 Å². The Balaban J connectivity index is 1.99. The van der Waals surface area contributed by atoms with Gasteiger partial charge in [-0.05, 0) is 38.0 Å². The van der Waals surface area contributed by atoms with E-state index >= 15 is 0 Å². The fourth-order valence-corrected chi connectivity index (χ4v) is 3.00. The number of rotatable bonds is 2. The third kappa shape index (κ3) is 2.55. The van der Waals surface area contributed by atoms with E-state index in [0.717, 1.165) is 25.1 Å². The number of aromatic nitrogens is 3. The number of aryl methyl sites for hydroxylation is 1. The maximum absolute atomic E-state index is 9.06. The number of hydrogen-bond acceptors (Lipinski definition) is 6. The maximum atomic E-state index is 9.06. The second kappa shape index (κ2) is 5.78. The van der Waals surface area contributed by atoms with Gasteiger partial charge >= 0.3 is 0 Å². The molecule has 0 radical (unpaired) electrons. The van der Waals surface area contributed by atoms with Gasteiger partial charge in [-0.15, -0.1) is 5.10 Å². The van der Waals surface area contributed by atoms with Crippen molar-refractivity contribution in [2.45, 2.75) is 25.8 Å². The number of pyridine rings is 1. The third-order valence-corrected chi connectivity index (χ3v) is 4.12. The Morgan fingerprint density at radius 3 is 2.91 bits per heavy atom. The number of nitrogen functional groups attached to an aromatic ring is 1. The number of nitriles is 1. The van der Waals surface area contributed by atoms with Gasteiger partial charge in [-0.2, -0.15) is 10.4 Å². The molecule has 2 N–H and O–H groups in total. The first-order valence-corrected chi connectivity index (χ1v) is 7.41. The zero-order valence-electron chi connectivity index (χ0n) is 12.1. The van der Waals surface area contributed by atoms with Crippen LogP contribution in [-0.2, 0) is 0 Å². The number of anilines is 2. The Bertz CT molecular complexity index is 737. The third-order valence-electron chi connectivity index (χ3n) is 3.84. The topological polar surface area (TPSA) is 91.7 Å². The smallest absolute Gasteiger partial charge is 0.148 e. The number of hydrogen-bond donors (Lipinski definition) is 1. The van der Waals surface area contributed by atoms with Gasteiger partial charge in [0.25, 0.3) is 0 Å². The lowest BCUT2D eigenvalue weighted by Gasteiger charge is -2.26. The number of nitrogens with zero attached hydrogens (tertiary/aromatic N) is 5. The molecule has 0 bridgehead atoms. The fraction of sp³-hybridized carbons (Fsp3) is 0.333. The van der Waals surface area contributed by atoms with Crippen molar-refractivity contribution in [1.29, 1.82) is 5.26 Å². The number of halogens is 1. The van der Waals surface area contributed by atoms with Crippen molar-refractivity contribution in [3.63, 3.8) is 0 Å². The van der Waals surface area contributed by atoms with Crippen LogP contribution in [0.15, 0.2) is 18.2 Å². The lowest BCUT2D eigenvalue weighted by molar-refractivity contribution is 0.673. The lowest BCUT2D eigenvalue weighted by atomic mass is 10.1. The van der Waals surface area contributed by atoms with Crippen LogP contribution >= 0.6 is 11.6 Å². The summed E-state index contributed by atoms with van der Waals surface area (Å²) in [4.78, 5) is 6.64. The molecule has 0 spiro atoms. The first kappa shape index (κ1) is 14.5. The van der Waals surface area contributed by atoms with Crippen LogP contribution in [0.25, 0.3) is 0 Å². The van der Waals surface area contributed by atoms with Crippen molar-refractivity contribution in [2.24, 2.45) is 0 Å². The summed E-state index contributed by atoms with van der Waals surface area (Å²) in [6, 6.07) is 7.48. The van der Waals surface area contributed by atoms with Gasteiger partial charge < -0.3 is 10.6 Å². The number of nitrogens with two attached hydrogens (primary N) is 1. The standard InChI is InChI=1S/C15H15ClN6/c1-9-10(8-17)7-11(16)15(19-9)22-6-2-3-13(22)12-4-5-14(18)21-20-12/h4-5,7,13H,2-3,6H2,1H3,(H2,18,21). The summed E-state index contributed by atoms with van der Waals surface area (Å²) < 4.78 is 0. The zero-order chi connectivity index (χ0) is 15.7. The van der Waals surface area contributed by atoms with Crippen LogP contribution in [0.5, 0.6) is 0 Å². The molecule has 1 aliphatic rings. The van der Waals surface area contributed by atoms with Crippen molar-refractivity contribution >= 4 is 23.2 Å². The van der Waals surface area contributed by atoms with Crippen LogP contribution in [-0.4, -0.2) is 21.7 Å². The average molecular weight is 315 g/mol. The Hall–Kier alpha value is -2.39. The minimum absolute atomic E-state index is 0.0745. The van der Waals surface area contributed by atoms with E-state index in [1.54, 1.807) is 12.1 Å². The predicted octanol–water partition coefficient (Wildman–Crippen LogP) is 2.63. The maximum Gasteiger partial charge on any atom is 0.148 e. The van der Waals surface area contributed by atoms with E-state index in [4.69, 9.17) is 22.6 Å². The summed E-state index contributed by atoms with van der Waals surface area (Å²) in [5, 5.41) is 17.7. The molecular weight excluding hydrogens is 300 g/mol. The summed E-state index contributed by atoms with van der Waals surface area (Å²) in [5.74, 6) is 1.10. The van der Waals surface area contributed by atoms with Crippen molar-refractivity contribution in [3.05, 3.63) is 40.2 Å². The highest BCUT2D eigenvalue weighted by atomic mass is 35.5. The van der Waals surface area contributed by atoms with Crippen molar-refractivity contribution in [2.75, 3.05) is 17.2 Å². The second-order valence-electron chi connectivity index (χ2n) is 5.27. The van der Waals surface area contributed by atoms with Crippen LogP contribution < -0.4 is 10.6 Å². The normalized spacial score (nSPS) is 17.5. The minimum atomic E-state index is 0.0745. The predicted molar refractivity (Wildman–Crippen MR) is 84.5 cm³/mol. The van der Waals surface area contributed by atoms with Gasteiger partial charge in [0.15, 0.2) is 0 Å². The molecule has 1 aliphatic heterocycles. The minimum Gasteiger partial charge on any atom is -0.382 e. The molecule has 2 aromatic rings. The fourth-order valence-electron chi connectivity index (χ4n) is 2.74. The molecule has 22 heavy (non-hydrogen) atoms. The largest absolute Gasteiger partial charge is 0.382 e.